The van der Waals surface area contributed by atoms with E-state index in [0.717, 1.165) is 25.7 Å². The topological polar surface area (TPSA) is 90.7 Å². The van der Waals surface area contributed by atoms with E-state index in [4.69, 9.17) is 9.47 Å². The van der Waals surface area contributed by atoms with Crippen LogP contribution in [0.5, 0.6) is 11.5 Å². The molecule has 7 heteroatoms. The molecule has 0 radical (unpaired) electrons. The average Bonchev–Trinajstić information content (AvgIpc) is 3.00. The Balaban J connectivity index is 2.05. The van der Waals surface area contributed by atoms with Crippen LogP contribution in [0.1, 0.15) is 32.6 Å². The van der Waals surface area contributed by atoms with Crippen molar-refractivity contribution in [2.45, 2.75) is 44.8 Å². The molecule has 0 spiro atoms. The predicted octanol–water partition coefficient (Wildman–Crippen LogP) is 2.43. The molecular formula is C15H20N2O5. The zero-order valence-electron chi connectivity index (χ0n) is 12.7. The Morgan fingerprint density at radius 1 is 1.41 bits per heavy atom. The van der Waals surface area contributed by atoms with E-state index in [0.29, 0.717) is 5.75 Å². The zero-order chi connectivity index (χ0) is 16.1. The molecule has 22 heavy (non-hydrogen) atoms. The van der Waals surface area contributed by atoms with Crippen molar-refractivity contribution in [1.82, 2.24) is 5.32 Å². The fraction of sp³-hybridized carbons (Fsp3) is 0.533. The number of carbonyl (C=O) groups is 1. The van der Waals surface area contributed by atoms with Crippen LogP contribution in [0.25, 0.3) is 0 Å². The minimum Gasteiger partial charge on any atom is -0.496 e. The van der Waals surface area contributed by atoms with E-state index in [1.165, 1.54) is 19.2 Å². The molecule has 0 aliphatic heterocycles. The molecule has 0 saturated heterocycles. The van der Waals surface area contributed by atoms with E-state index < -0.39 is 11.0 Å². The van der Waals surface area contributed by atoms with Crippen molar-refractivity contribution >= 4 is 11.6 Å². The van der Waals surface area contributed by atoms with Gasteiger partial charge in [0.1, 0.15) is 5.75 Å². The largest absolute Gasteiger partial charge is 0.496 e. The van der Waals surface area contributed by atoms with Crippen LogP contribution in [0.15, 0.2) is 18.2 Å². The SMILES string of the molecule is COc1ccc(O[C@@H](C)C(=O)NC2CCCC2)c([N+](=O)[O-])c1. The van der Waals surface area contributed by atoms with Crippen LogP contribution in [-0.2, 0) is 4.79 Å². The quantitative estimate of drug-likeness (QED) is 0.644. The minimum absolute atomic E-state index is 0.0554. The fourth-order valence-corrected chi connectivity index (χ4v) is 2.50. The second kappa shape index (κ2) is 7.11. The Morgan fingerprint density at radius 2 is 2.09 bits per heavy atom. The molecule has 1 N–H and O–H groups in total. The number of ether oxygens (including phenoxy) is 2. The van der Waals surface area contributed by atoms with E-state index >= 15 is 0 Å². The number of nitro benzene ring substituents is 1. The van der Waals surface area contributed by atoms with Gasteiger partial charge in [0.2, 0.25) is 0 Å². The summed E-state index contributed by atoms with van der Waals surface area (Å²) >= 11 is 0. The number of nitrogens with one attached hydrogen (secondary N) is 1. The summed E-state index contributed by atoms with van der Waals surface area (Å²) in [5.41, 5.74) is -0.222. The smallest absolute Gasteiger partial charge is 0.314 e. The third-order valence-corrected chi connectivity index (χ3v) is 3.74. The maximum absolute atomic E-state index is 12.1. The molecule has 0 unspecified atom stereocenters. The van der Waals surface area contributed by atoms with Crippen molar-refractivity contribution in [3.63, 3.8) is 0 Å². The third kappa shape index (κ3) is 3.87. The summed E-state index contributed by atoms with van der Waals surface area (Å²) in [6.07, 6.45) is 3.38. The van der Waals surface area contributed by atoms with Crippen molar-refractivity contribution in [3.8, 4) is 11.5 Å². The van der Waals surface area contributed by atoms with Crippen LogP contribution in [0.2, 0.25) is 0 Å². The number of rotatable bonds is 6. The van der Waals surface area contributed by atoms with Crippen LogP contribution in [0, 0.1) is 10.1 Å². The standard InChI is InChI=1S/C15H20N2O5/c1-10(15(18)16-11-5-3-4-6-11)22-14-8-7-12(21-2)9-13(14)17(19)20/h7-11H,3-6H2,1-2H3,(H,16,18)/t10-/m0/s1. The lowest BCUT2D eigenvalue weighted by Gasteiger charge is -2.18. The average molecular weight is 308 g/mol. The molecule has 1 aromatic rings. The first-order valence-corrected chi connectivity index (χ1v) is 7.30. The van der Waals surface area contributed by atoms with Crippen molar-refractivity contribution < 1.29 is 19.2 Å². The van der Waals surface area contributed by atoms with Gasteiger partial charge in [0, 0.05) is 6.04 Å². The summed E-state index contributed by atoms with van der Waals surface area (Å²) in [6, 6.07) is 4.46. The normalized spacial score (nSPS) is 16.1. The number of nitro groups is 1. The van der Waals surface area contributed by atoms with Gasteiger partial charge in [-0.05, 0) is 31.9 Å². The van der Waals surface area contributed by atoms with Crippen LogP contribution < -0.4 is 14.8 Å². The molecule has 1 aliphatic rings. The molecule has 2 rings (SSSR count). The molecule has 120 valence electrons. The summed E-state index contributed by atoms with van der Waals surface area (Å²) in [6.45, 7) is 1.58. The first kappa shape index (κ1) is 16.1. The number of benzene rings is 1. The monoisotopic (exact) mass is 308 g/mol. The summed E-state index contributed by atoms with van der Waals surface area (Å²) in [5, 5.41) is 14.0. The minimum atomic E-state index is -0.798. The Labute approximate surface area is 128 Å². The van der Waals surface area contributed by atoms with Gasteiger partial charge < -0.3 is 14.8 Å². The van der Waals surface area contributed by atoms with Gasteiger partial charge in [0.05, 0.1) is 18.1 Å². The highest BCUT2D eigenvalue weighted by Gasteiger charge is 2.24. The van der Waals surface area contributed by atoms with E-state index in [1.807, 2.05) is 0 Å². The first-order chi connectivity index (χ1) is 10.5. The summed E-state index contributed by atoms with van der Waals surface area (Å²) in [5.74, 6) is 0.166. The van der Waals surface area contributed by atoms with E-state index in [1.54, 1.807) is 13.0 Å². The number of hydrogen-bond donors (Lipinski definition) is 1. The zero-order valence-corrected chi connectivity index (χ0v) is 12.7. The number of hydrogen-bond acceptors (Lipinski definition) is 5. The lowest BCUT2D eigenvalue weighted by atomic mass is 10.2. The number of methoxy groups -OCH3 is 1. The lowest BCUT2D eigenvalue weighted by Crippen LogP contribution is -2.41. The molecule has 1 atom stereocenters. The maximum atomic E-state index is 12.1. The van der Waals surface area contributed by atoms with E-state index in [2.05, 4.69) is 5.32 Å². The molecule has 0 bridgehead atoms. The molecular weight excluding hydrogens is 288 g/mol. The molecule has 0 heterocycles. The fourth-order valence-electron chi connectivity index (χ4n) is 2.50. The molecule has 1 amide bonds. The molecule has 1 fully saturated rings. The number of nitrogens with zero attached hydrogens (tertiary/aromatic N) is 1. The van der Waals surface area contributed by atoms with Crippen molar-refractivity contribution in [1.29, 1.82) is 0 Å². The second-order valence-corrected chi connectivity index (χ2v) is 5.34. The van der Waals surface area contributed by atoms with E-state index in [9.17, 15) is 14.9 Å². The van der Waals surface area contributed by atoms with Crippen LogP contribution >= 0.6 is 0 Å². The second-order valence-electron chi connectivity index (χ2n) is 5.34. The van der Waals surface area contributed by atoms with Crippen LogP contribution in [-0.4, -0.2) is 30.1 Å². The van der Waals surface area contributed by atoms with Gasteiger partial charge in [-0.2, -0.15) is 0 Å². The summed E-state index contributed by atoms with van der Waals surface area (Å²) < 4.78 is 10.4. The van der Waals surface area contributed by atoms with Crippen LogP contribution in [0.4, 0.5) is 5.69 Å². The Kier molecular flexibility index (Phi) is 5.19. The van der Waals surface area contributed by atoms with Gasteiger partial charge in [-0.15, -0.1) is 0 Å². The highest BCUT2D eigenvalue weighted by molar-refractivity contribution is 5.81. The molecule has 7 nitrogen and oxygen atoms in total. The Hall–Kier alpha value is -2.31. The van der Waals surface area contributed by atoms with Gasteiger partial charge in [0.15, 0.2) is 11.9 Å². The molecule has 1 saturated carbocycles. The Morgan fingerprint density at radius 3 is 2.68 bits per heavy atom. The van der Waals surface area contributed by atoms with Gasteiger partial charge in [-0.1, -0.05) is 12.8 Å². The summed E-state index contributed by atoms with van der Waals surface area (Å²) in [4.78, 5) is 22.6. The third-order valence-electron chi connectivity index (χ3n) is 3.74. The van der Waals surface area contributed by atoms with Crippen molar-refractivity contribution in [2.24, 2.45) is 0 Å². The highest BCUT2D eigenvalue weighted by Crippen LogP contribution is 2.31. The molecule has 1 aromatic carbocycles. The Bertz CT molecular complexity index is 555. The lowest BCUT2D eigenvalue weighted by molar-refractivity contribution is -0.386. The van der Waals surface area contributed by atoms with Gasteiger partial charge in [-0.3, -0.25) is 14.9 Å². The first-order valence-electron chi connectivity index (χ1n) is 7.30. The molecule has 0 aromatic heterocycles. The summed E-state index contributed by atoms with van der Waals surface area (Å²) in [7, 11) is 1.43. The van der Waals surface area contributed by atoms with Gasteiger partial charge >= 0.3 is 5.69 Å². The van der Waals surface area contributed by atoms with Gasteiger partial charge in [0.25, 0.3) is 5.91 Å². The van der Waals surface area contributed by atoms with E-state index in [-0.39, 0.29) is 23.4 Å². The number of amides is 1. The molecule has 1 aliphatic carbocycles. The van der Waals surface area contributed by atoms with Crippen molar-refractivity contribution in [3.05, 3.63) is 28.3 Å². The number of carbonyl (C=O) groups excluding carboxylic acids is 1. The van der Waals surface area contributed by atoms with Crippen LogP contribution in [0.3, 0.4) is 0 Å². The maximum Gasteiger partial charge on any atom is 0.314 e. The van der Waals surface area contributed by atoms with Gasteiger partial charge in [-0.25, -0.2) is 0 Å². The van der Waals surface area contributed by atoms with Crippen molar-refractivity contribution in [2.75, 3.05) is 7.11 Å². The predicted molar refractivity (Wildman–Crippen MR) is 80.1 cm³/mol. The highest BCUT2D eigenvalue weighted by atomic mass is 16.6.